The molecule has 0 aliphatic carbocycles. The molecule has 0 amide bonds. The standard InChI is InChI=1S/C26H48Cl2O4/c27-21-19-25(29)31-23-17-15-13-11-9-7-5-3-1-2-4-6-8-10-12-14-16-18-24-32-26(30)20-22-28/h1-24H2. The molecule has 0 spiro atoms. The maximum Gasteiger partial charge on any atom is 0.306 e. The Morgan fingerprint density at radius 2 is 0.625 bits per heavy atom. The Bertz CT molecular complexity index is 381. The molecule has 0 saturated heterocycles. The van der Waals surface area contributed by atoms with Crippen molar-refractivity contribution in [1.29, 1.82) is 0 Å². The van der Waals surface area contributed by atoms with E-state index < -0.39 is 0 Å². The Hall–Kier alpha value is -0.480. The average Bonchev–Trinajstić information content (AvgIpc) is 2.77. The van der Waals surface area contributed by atoms with Gasteiger partial charge in [-0.25, -0.2) is 0 Å². The molecule has 6 heteroatoms. The average molecular weight is 496 g/mol. The van der Waals surface area contributed by atoms with Crippen LogP contribution in [0, 0.1) is 0 Å². The zero-order valence-electron chi connectivity index (χ0n) is 20.4. The lowest BCUT2D eigenvalue weighted by Crippen LogP contribution is -2.06. The molecule has 0 bridgehead atoms. The summed E-state index contributed by atoms with van der Waals surface area (Å²) >= 11 is 11.0. The van der Waals surface area contributed by atoms with Crippen LogP contribution in [-0.4, -0.2) is 36.9 Å². The van der Waals surface area contributed by atoms with Gasteiger partial charge in [0.15, 0.2) is 0 Å². The van der Waals surface area contributed by atoms with Crippen LogP contribution in [0.25, 0.3) is 0 Å². The molecule has 0 heterocycles. The highest BCUT2D eigenvalue weighted by molar-refractivity contribution is 6.19. The van der Waals surface area contributed by atoms with Gasteiger partial charge < -0.3 is 9.47 Å². The summed E-state index contributed by atoms with van der Waals surface area (Å²) in [5.41, 5.74) is 0. The van der Waals surface area contributed by atoms with Gasteiger partial charge in [-0.15, -0.1) is 23.2 Å². The highest BCUT2D eigenvalue weighted by atomic mass is 35.5. The smallest absolute Gasteiger partial charge is 0.306 e. The fourth-order valence-corrected chi connectivity index (χ4v) is 4.01. The topological polar surface area (TPSA) is 52.6 Å². The van der Waals surface area contributed by atoms with E-state index in [-0.39, 0.29) is 11.9 Å². The molecule has 0 aromatic carbocycles. The summed E-state index contributed by atoms with van der Waals surface area (Å²) in [6.07, 6.45) is 23.6. The molecule has 0 radical (unpaired) electrons. The van der Waals surface area contributed by atoms with Crippen LogP contribution in [0.2, 0.25) is 0 Å². The molecule has 0 aromatic heterocycles. The van der Waals surface area contributed by atoms with Crippen molar-refractivity contribution in [1.82, 2.24) is 0 Å². The number of unbranched alkanes of at least 4 members (excludes halogenated alkanes) is 17. The third-order valence-corrected chi connectivity index (χ3v) is 6.04. The van der Waals surface area contributed by atoms with Gasteiger partial charge in [-0.3, -0.25) is 9.59 Å². The number of halogens is 2. The van der Waals surface area contributed by atoms with Gasteiger partial charge in [0.25, 0.3) is 0 Å². The van der Waals surface area contributed by atoms with E-state index in [0.717, 1.165) is 25.7 Å². The molecule has 0 saturated carbocycles. The number of rotatable bonds is 25. The van der Waals surface area contributed by atoms with Crippen LogP contribution in [0.4, 0.5) is 0 Å². The van der Waals surface area contributed by atoms with Crippen LogP contribution < -0.4 is 0 Å². The van der Waals surface area contributed by atoms with Gasteiger partial charge in [0.05, 0.1) is 26.1 Å². The second-order valence-electron chi connectivity index (χ2n) is 8.68. The summed E-state index contributed by atoms with van der Waals surface area (Å²) in [5.74, 6) is 0.344. The van der Waals surface area contributed by atoms with Crippen LogP contribution in [0.5, 0.6) is 0 Å². The van der Waals surface area contributed by atoms with Crippen molar-refractivity contribution < 1.29 is 19.1 Å². The number of carbonyl (C=O) groups excluding carboxylic acids is 2. The number of hydrogen-bond donors (Lipinski definition) is 0. The summed E-state index contributed by atoms with van der Waals surface area (Å²) in [6, 6.07) is 0. The van der Waals surface area contributed by atoms with E-state index in [0.29, 0.717) is 37.8 Å². The highest BCUT2D eigenvalue weighted by Crippen LogP contribution is 2.14. The maximum absolute atomic E-state index is 11.2. The first-order valence-corrected chi connectivity index (χ1v) is 14.2. The summed E-state index contributed by atoms with van der Waals surface area (Å²) in [5, 5.41) is 0. The van der Waals surface area contributed by atoms with Gasteiger partial charge in [0, 0.05) is 11.8 Å². The summed E-state index contributed by atoms with van der Waals surface area (Å²) in [7, 11) is 0. The Balaban J connectivity index is 3.08. The number of esters is 2. The maximum atomic E-state index is 11.2. The van der Waals surface area contributed by atoms with E-state index in [1.165, 1.54) is 89.9 Å². The van der Waals surface area contributed by atoms with Crippen LogP contribution in [-0.2, 0) is 19.1 Å². The molecule has 4 nitrogen and oxygen atoms in total. The van der Waals surface area contributed by atoms with Crippen LogP contribution >= 0.6 is 23.2 Å². The first kappa shape index (κ1) is 31.5. The molecule has 0 aliphatic heterocycles. The Labute approximate surface area is 207 Å². The van der Waals surface area contributed by atoms with Crippen molar-refractivity contribution in [3.8, 4) is 0 Å². The third kappa shape index (κ3) is 25.8. The number of carbonyl (C=O) groups is 2. The minimum atomic E-state index is -0.174. The van der Waals surface area contributed by atoms with Crippen molar-refractivity contribution in [2.75, 3.05) is 25.0 Å². The van der Waals surface area contributed by atoms with Gasteiger partial charge in [-0.1, -0.05) is 103 Å². The fourth-order valence-electron chi connectivity index (χ4n) is 3.70. The fraction of sp³-hybridized carbons (Fsp3) is 0.923. The minimum absolute atomic E-state index is 0.174. The summed E-state index contributed by atoms with van der Waals surface area (Å²) in [4.78, 5) is 22.3. The number of ether oxygens (including phenoxy) is 2. The SMILES string of the molecule is O=C(CCCl)OCCCCCCCCCCCCCCCCCCCCOC(=O)CCCl. The normalized spacial score (nSPS) is 10.9. The van der Waals surface area contributed by atoms with Gasteiger partial charge in [0.2, 0.25) is 0 Å². The van der Waals surface area contributed by atoms with E-state index in [9.17, 15) is 9.59 Å². The van der Waals surface area contributed by atoms with E-state index in [1.54, 1.807) is 0 Å². The van der Waals surface area contributed by atoms with Crippen LogP contribution in [0.15, 0.2) is 0 Å². The second kappa shape index (κ2) is 26.8. The largest absolute Gasteiger partial charge is 0.466 e. The van der Waals surface area contributed by atoms with E-state index in [2.05, 4.69) is 0 Å². The molecule has 0 unspecified atom stereocenters. The summed E-state index contributed by atoms with van der Waals surface area (Å²) < 4.78 is 10.2. The monoisotopic (exact) mass is 494 g/mol. The van der Waals surface area contributed by atoms with Crippen molar-refractivity contribution in [2.24, 2.45) is 0 Å². The molecule has 190 valence electrons. The minimum Gasteiger partial charge on any atom is -0.466 e. The zero-order valence-corrected chi connectivity index (χ0v) is 21.9. The lowest BCUT2D eigenvalue weighted by Gasteiger charge is -2.05. The molecule has 0 atom stereocenters. The zero-order chi connectivity index (χ0) is 23.5. The predicted molar refractivity (Wildman–Crippen MR) is 136 cm³/mol. The van der Waals surface area contributed by atoms with Gasteiger partial charge in [-0.2, -0.15) is 0 Å². The quantitative estimate of drug-likeness (QED) is 0.0725. The number of alkyl halides is 2. The molecule has 32 heavy (non-hydrogen) atoms. The molecule has 0 aromatic rings. The predicted octanol–water partition coefficient (Wildman–Crippen LogP) is 8.35. The van der Waals surface area contributed by atoms with Gasteiger partial charge in [0.1, 0.15) is 0 Å². The molecule has 0 aliphatic rings. The van der Waals surface area contributed by atoms with Crippen molar-refractivity contribution in [3.05, 3.63) is 0 Å². The van der Waals surface area contributed by atoms with E-state index in [4.69, 9.17) is 32.7 Å². The van der Waals surface area contributed by atoms with Gasteiger partial charge >= 0.3 is 11.9 Å². The molecule has 0 rings (SSSR count). The van der Waals surface area contributed by atoms with E-state index >= 15 is 0 Å². The lowest BCUT2D eigenvalue weighted by molar-refractivity contribution is -0.144. The third-order valence-electron chi connectivity index (χ3n) is 5.66. The molecular weight excluding hydrogens is 447 g/mol. The Morgan fingerprint density at radius 1 is 0.406 bits per heavy atom. The van der Waals surface area contributed by atoms with Gasteiger partial charge in [-0.05, 0) is 12.8 Å². The lowest BCUT2D eigenvalue weighted by atomic mass is 10.0. The highest BCUT2D eigenvalue weighted by Gasteiger charge is 2.01. The molecule has 0 N–H and O–H groups in total. The van der Waals surface area contributed by atoms with Crippen molar-refractivity contribution in [3.63, 3.8) is 0 Å². The van der Waals surface area contributed by atoms with E-state index in [1.807, 2.05) is 0 Å². The number of hydrogen-bond acceptors (Lipinski definition) is 4. The Morgan fingerprint density at radius 3 is 0.844 bits per heavy atom. The Kier molecular flexibility index (Phi) is 26.4. The second-order valence-corrected chi connectivity index (χ2v) is 9.44. The molecular formula is C26H48Cl2O4. The van der Waals surface area contributed by atoms with Crippen LogP contribution in [0.3, 0.4) is 0 Å². The molecule has 0 fully saturated rings. The first-order valence-electron chi connectivity index (χ1n) is 13.1. The van der Waals surface area contributed by atoms with Crippen molar-refractivity contribution >= 4 is 35.1 Å². The first-order chi connectivity index (χ1) is 15.7. The van der Waals surface area contributed by atoms with Crippen molar-refractivity contribution in [2.45, 2.75) is 128 Å². The van der Waals surface area contributed by atoms with Crippen LogP contribution in [0.1, 0.15) is 128 Å². The summed E-state index contributed by atoms with van der Waals surface area (Å²) in [6.45, 7) is 1.09.